The lowest BCUT2D eigenvalue weighted by atomic mass is 10.2. The lowest BCUT2D eigenvalue weighted by Crippen LogP contribution is -1.96. The summed E-state index contributed by atoms with van der Waals surface area (Å²) in [6.45, 7) is 0. The van der Waals surface area contributed by atoms with Crippen molar-refractivity contribution < 1.29 is 9.53 Å². The first kappa shape index (κ1) is 11.9. The first-order valence-electron chi connectivity index (χ1n) is 4.63. The number of carbonyl (C=O) groups is 1. The van der Waals surface area contributed by atoms with Crippen molar-refractivity contribution in [1.29, 1.82) is 0 Å². The summed E-state index contributed by atoms with van der Waals surface area (Å²) in [5.74, 6) is -0.216. The van der Waals surface area contributed by atoms with Gasteiger partial charge in [-0.3, -0.25) is 4.79 Å². The van der Waals surface area contributed by atoms with Crippen LogP contribution < -0.4 is 0 Å². The lowest BCUT2D eigenvalue weighted by molar-refractivity contribution is -0.139. The Labute approximate surface area is 94.3 Å². The molecular weight excluding hydrogens is 208 g/mol. The van der Waals surface area contributed by atoms with Crippen LogP contribution >= 0.6 is 11.8 Å². The largest absolute Gasteiger partial charge is 0.469 e. The van der Waals surface area contributed by atoms with E-state index >= 15 is 0 Å². The molecule has 1 rings (SSSR count). The Morgan fingerprint density at radius 3 is 2.60 bits per heavy atom. The van der Waals surface area contributed by atoms with Crippen LogP contribution in [0.1, 0.15) is 12.0 Å². The van der Waals surface area contributed by atoms with Gasteiger partial charge in [0.2, 0.25) is 0 Å². The van der Waals surface area contributed by atoms with E-state index < -0.39 is 0 Å². The molecular formula is C12H14O2S. The Hall–Kier alpha value is -1.22. The fourth-order valence-corrected chi connectivity index (χ4v) is 1.50. The van der Waals surface area contributed by atoms with Crippen LogP contribution in [0.3, 0.4) is 0 Å². The molecule has 0 aliphatic heterocycles. The van der Waals surface area contributed by atoms with Gasteiger partial charge in [0.15, 0.2) is 0 Å². The molecule has 0 saturated heterocycles. The highest BCUT2D eigenvalue weighted by atomic mass is 32.2. The molecule has 0 amide bonds. The highest BCUT2D eigenvalue weighted by Crippen LogP contribution is 2.15. The van der Waals surface area contributed by atoms with Crippen LogP contribution in [0.2, 0.25) is 0 Å². The molecule has 3 heteroatoms. The van der Waals surface area contributed by atoms with Crippen LogP contribution in [-0.2, 0) is 9.53 Å². The number of esters is 1. The van der Waals surface area contributed by atoms with Crippen LogP contribution in [0.25, 0.3) is 6.08 Å². The van der Waals surface area contributed by atoms with Gasteiger partial charge in [-0.1, -0.05) is 24.3 Å². The minimum absolute atomic E-state index is 0.216. The highest BCUT2D eigenvalue weighted by Gasteiger charge is 1.94. The Morgan fingerprint density at radius 2 is 2.07 bits per heavy atom. The molecule has 0 aliphatic carbocycles. The second-order valence-corrected chi connectivity index (χ2v) is 3.84. The van der Waals surface area contributed by atoms with E-state index in [-0.39, 0.29) is 5.97 Å². The Balaban J connectivity index is 2.53. The topological polar surface area (TPSA) is 26.3 Å². The van der Waals surface area contributed by atoms with Crippen LogP contribution in [-0.4, -0.2) is 19.3 Å². The number of rotatable bonds is 4. The average Bonchev–Trinajstić information content (AvgIpc) is 2.29. The maximum atomic E-state index is 10.8. The number of benzene rings is 1. The normalized spacial score (nSPS) is 10.5. The molecule has 0 atom stereocenters. The SMILES string of the molecule is COC(=O)CC=Cc1ccc(SC)cc1. The minimum Gasteiger partial charge on any atom is -0.469 e. The van der Waals surface area contributed by atoms with Gasteiger partial charge in [-0.05, 0) is 24.0 Å². The summed E-state index contributed by atoms with van der Waals surface area (Å²) in [4.78, 5) is 12.1. The van der Waals surface area contributed by atoms with E-state index in [4.69, 9.17) is 0 Å². The number of thioether (sulfide) groups is 1. The molecule has 0 saturated carbocycles. The average molecular weight is 222 g/mol. The molecule has 0 bridgehead atoms. The molecule has 0 radical (unpaired) electrons. The van der Waals surface area contributed by atoms with Gasteiger partial charge >= 0.3 is 5.97 Å². The smallest absolute Gasteiger partial charge is 0.309 e. The van der Waals surface area contributed by atoms with E-state index in [1.54, 1.807) is 17.8 Å². The second kappa shape index (κ2) is 6.30. The van der Waals surface area contributed by atoms with Crippen LogP contribution in [0, 0.1) is 0 Å². The molecule has 0 N–H and O–H groups in total. The summed E-state index contributed by atoms with van der Waals surface area (Å²) in [7, 11) is 1.39. The summed E-state index contributed by atoms with van der Waals surface area (Å²) in [6, 6.07) is 8.17. The summed E-state index contributed by atoms with van der Waals surface area (Å²) in [5.41, 5.74) is 1.09. The number of hydrogen-bond donors (Lipinski definition) is 0. The third-order valence-electron chi connectivity index (χ3n) is 1.94. The van der Waals surface area contributed by atoms with Gasteiger partial charge in [-0.15, -0.1) is 11.8 Å². The molecule has 0 fully saturated rings. The molecule has 0 aliphatic rings. The van der Waals surface area contributed by atoms with Crippen molar-refractivity contribution in [2.45, 2.75) is 11.3 Å². The lowest BCUT2D eigenvalue weighted by Gasteiger charge is -1.97. The van der Waals surface area contributed by atoms with E-state index in [1.807, 2.05) is 24.5 Å². The predicted molar refractivity (Wildman–Crippen MR) is 63.9 cm³/mol. The van der Waals surface area contributed by atoms with E-state index in [9.17, 15) is 4.79 Å². The van der Waals surface area contributed by atoms with E-state index in [0.717, 1.165) is 5.56 Å². The monoisotopic (exact) mass is 222 g/mol. The summed E-state index contributed by atoms with van der Waals surface area (Å²) < 4.78 is 4.53. The molecule has 1 aromatic rings. The van der Waals surface area contributed by atoms with Crippen molar-refractivity contribution in [1.82, 2.24) is 0 Å². The van der Waals surface area contributed by atoms with E-state index in [1.165, 1.54) is 12.0 Å². The Morgan fingerprint density at radius 1 is 1.40 bits per heavy atom. The first-order valence-corrected chi connectivity index (χ1v) is 5.86. The van der Waals surface area contributed by atoms with Crippen molar-refractivity contribution in [3.63, 3.8) is 0 Å². The number of hydrogen-bond acceptors (Lipinski definition) is 3. The molecule has 0 heterocycles. The molecule has 15 heavy (non-hydrogen) atoms. The third-order valence-corrected chi connectivity index (χ3v) is 2.68. The van der Waals surface area contributed by atoms with Gasteiger partial charge in [0.25, 0.3) is 0 Å². The zero-order valence-corrected chi connectivity index (χ0v) is 9.71. The van der Waals surface area contributed by atoms with E-state index in [2.05, 4.69) is 16.9 Å². The zero-order valence-electron chi connectivity index (χ0n) is 8.90. The van der Waals surface area contributed by atoms with Crippen molar-refractivity contribution in [2.24, 2.45) is 0 Å². The molecule has 0 aromatic heterocycles. The fourth-order valence-electron chi connectivity index (χ4n) is 1.09. The summed E-state index contributed by atoms with van der Waals surface area (Å²) >= 11 is 1.71. The van der Waals surface area contributed by atoms with E-state index in [0.29, 0.717) is 6.42 Å². The summed E-state index contributed by atoms with van der Waals surface area (Å²) in [5, 5.41) is 0. The molecule has 0 unspecified atom stereocenters. The van der Waals surface area contributed by atoms with Gasteiger partial charge in [-0.25, -0.2) is 0 Å². The zero-order chi connectivity index (χ0) is 11.1. The van der Waals surface area contributed by atoms with Crippen molar-refractivity contribution in [3.05, 3.63) is 35.9 Å². The van der Waals surface area contributed by atoms with Crippen LogP contribution in [0.15, 0.2) is 35.2 Å². The van der Waals surface area contributed by atoms with Gasteiger partial charge in [0.05, 0.1) is 13.5 Å². The number of carbonyl (C=O) groups excluding carboxylic acids is 1. The molecule has 2 nitrogen and oxygen atoms in total. The van der Waals surface area contributed by atoms with Gasteiger partial charge in [-0.2, -0.15) is 0 Å². The standard InChI is InChI=1S/C12H14O2S/c1-14-12(13)5-3-4-10-6-8-11(15-2)9-7-10/h3-4,6-9H,5H2,1-2H3. The maximum Gasteiger partial charge on any atom is 0.309 e. The molecule has 0 spiro atoms. The Bertz CT molecular complexity index is 341. The first-order chi connectivity index (χ1) is 7.26. The van der Waals surface area contributed by atoms with Crippen LogP contribution in [0.4, 0.5) is 0 Å². The quantitative estimate of drug-likeness (QED) is 0.578. The van der Waals surface area contributed by atoms with Gasteiger partial charge in [0, 0.05) is 4.90 Å². The highest BCUT2D eigenvalue weighted by molar-refractivity contribution is 7.98. The van der Waals surface area contributed by atoms with Gasteiger partial charge < -0.3 is 4.74 Å². The predicted octanol–water partition coefficient (Wildman–Crippen LogP) is 2.98. The maximum absolute atomic E-state index is 10.8. The number of methoxy groups -OCH3 is 1. The van der Waals surface area contributed by atoms with Crippen molar-refractivity contribution in [3.8, 4) is 0 Å². The van der Waals surface area contributed by atoms with Crippen molar-refractivity contribution in [2.75, 3.05) is 13.4 Å². The molecule has 80 valence electrons. The Kier molecular flexibility index (Phi) is 4.98. The number of ether oxygens (including phenoxy) is 1. The minimum atomic E-state index is -0.216. The second-order valence-electron chi connectivity index (χ2n) is 2.96. The molecule has 1 aromatic carbocycles. The van der Waals surface area contributed by atoms with Crippen LogP contribution in [0.5, 0.6) is 0 Å². The van der Waals surface area contributed by atoms with Crippen molar-refractivity contribution >= 4 is 23.8 Å². The summed E-state index contributed by atoms with van der Waals surface area (Å²) in [6.07, 6.45) is 6.09. The third kappa shape index (κ3) is 4.21. The van der Waals surface area contributed by atoms with Gasteiger partial charge in [0.1, 0.15) is 0 Å². The fraction of sp³-hybridized carbons (Fsp3) is 0.250.